The molecule has 24 heavy (non-hydrogen) atoms. The predicted molar refractivity (Wildman–Crippen MR) is 89.3 cm³/mol. The molecule has 3 heterocycles. The third-order valence-corrected chi connectivity index (χ3v) is 4.58. The van der Waals surface area contributed by atoms with Gasteiger partial charge >= 0.3 is 5.97 Å². The van der Waals surface area contributed by atoms with Crippen LogP contribution in [0.5, 0.6) is 0 Å². The molecule has 0 aliphatic carbocycles. The first kappa shape index (κ1) is 16.5. The van der Waals surface area contributed by atoms with E-state index in [1.165, 1.54) is 0 Å². The molecule has 6 heteroatoms. The zero-order valence-corrected chi connectivity index (χ0v) is 13.9. The van der Waals surface area contributed by atoms with Crippen LogP contribution in [-0.4, -0.2) is 31.6 Å². The Morgan fingerprint density at radius 3 is 2.71 bits per heavy atom. The smallest absolute Gasteiger partial charge is 0.323 e. The molecule has 0 saturated carbocycles. The number of carboxylic acids is 1. The summed E-state index contributed by atoms with van der Waals surface area (Å²) in [4.78, 5) is 24.9. The highest BCUT2D eigenvalue weighted by Crippen LogP contribution is 2.45. The molecule has 3 rings (SSSR count). The van der Waals surface area contributed by atoms with Gasteiger partial charge in [0, 0.05) is 42.9 Å². The minimum absolute atomic E-state index is 0.0576. The molecule has 126 valence electrons. The fraction of sp³-hybridized carbons (Fsp3) is 0.444. The SMILES string of the molecule is CC(C)C[C@@]1(C(=O)O)C[C@H](c2cnccn2)[C@H](c2cccnc2)N1. The number of carbonyl (C=O) groups is 1. The maximum absolute atomic E-state index is 12.1. The minimum Gasteiger partial charge on any atom is -0.480 e. The van der Waals surface area contributed by atoms with Gasteiger partial charge in [0.15, 0.2) is 0 Å². The van der Waals surface area contributed by atoms with Gasteiger partial charge in [-0.2, -0.15) is 0 Å². The van der Waals surface area contributed by atoms with Gasteiger partial charge in [0.25, 0.3) is 0 Å². The molecule has 0 bridgehead atoms. The maximum atomic E-state index is 12.1. The molecular formula is C18H22N4O2. The Kier molecular flexibility index (Phi) is 4.57. The molecular weight excluding hydrogens is 304 g/mol. The van der Waals surface area contributed by atoms with Gasteiger partial charge in [-0.15, -0.1) is 0 Å². The minimum atomic E-state index is -0.961. The van der Waals surface area contributed by atoms with Gasteiger partial charge in [0.1, 0.15) is 5.54 Å². The van der Waals surface area contributed by atoms with Crippen molar-refractivity contribution in [2.75, 3.05) is 0 Å². The van der Waals surface area contributed by atoms with E-state index in [1.807, 2.05) is 26.0 Å². The lowest BCUT2D eigenvalue weighted by atomic mass is 9.83. The van der Waals surface area contributed by atoms with E-state index in [0.29, 0.717) is 12.8 Å². The highest BCUT2D eigenvalue weighted by molar-refractivity contribution is 5.79. The van der Waals surface area contributed by atoms with Crippen LogP contribution in [0.1, 0.15) is 49.9 Å². The lowest BCUT2D eigenvalue weighted by molar-refractivity contribution is -0.145. The summed E-state index contributed by atoms with van der Waals surface area (Å²) >= 11 is 0. The number of nitrogens with one attached hydrogen (secondary N) is 1. The number of aromatic nitrogens is 3. The van der Waals surface area contributed by atoms with Crippen molar-refractivity contribution in [1.29, 1.82) is 0 Å². The summed E-state index contributed by atoms with van der Waals surface area (Å²) < 4.78 is 0. The number of carboxylic acid groups (broad SMARTS) is 1. The highest BCUT2D eigenvalue weighted by Gasteiger charge is 2.51. The van der Waals surface area contributed by atoms with Crippen molar-refractivity contribution in [3.63, 3.8) is 0 Å². The van der Waals surface area contributed by atoms with E-state index < -0.39 is 11.5 Å². The monoisotopic (exact) mass is 326 g/mol. The molecule has 1 aliphatic rings. The van der Waals surface area contributed by atoms with Gasteiger partial charge in [-0.1, -0.05) is 19.9 Å². The van der Waals surface area contributed by atoms with E-state index >= 15 is 0 Å². The molecule has 3 atom stereocenters. The second kappa shape index (κ2) is 6.65. The fourth-order valence-electron chi connectivity index (χ4n) is 3.68. The zero-order chi connectivity index (χ0) is 17.2. The van der Waals surface area contributed by atoms with E-state index in [9.17, 15) is 9.90 Å². The Bertz CT molecular complexity index is 643. The van der Waals surface area contributed by atoms with E-state index in [-0.39, 0.29) is 17.9 Å². The predicted octanol–water partition coefficient (Wildman–Crippen LogP) is 2.56. The van der Waals surface area contributed by atoms with Crippen LogP contribution in [0.15, 0.2) is 43.1 Å². The summed E-state index contributed by atoms with van der Waals surface area (Å²) in [7, 11) is 0. The Balaban J connectivity index is 2.02. The molecule has 1 aliphatic heterocycles. The van der Waals surface area contributed by atoms with Crippen molar-refractivity contribution in [2.24, 2.45) is 5.92 Å². The lowest BCUT2D eigenvalue weighted by Crippen LogP contribution is -2.49. The first-order valence-corrected chi connectivity index (χ1v) is 8.19. The van der Waals surface area contributed by atoms with Crippen LogP contribution in [0.25, 0.3) is 0 Å². The van der Waals surface area contributed by atoms with Gasteiger partial charge in [0.05, 0.1) is 5.69 Å². The number of hydrogen-bond acceptors (Lipinski definition) is 5. The van der Waals surface area contributed by atoms with Crippen molar-refractivity contribution in [2.45, 2.75) is 44.2 Å². The molecule has 2 aromatic rings. The topological polar surface area (TPSA) is 88.0 Å². The quantitative estimate of drug-likeness (QED) is 0.878. The largest absolute Gasteiger partial charge is 0.480 e. The first-order chi connectivity index (χ1) is 11.5. The van der Waals surface area contributed by atoms with E-state index in [1.54, 1.807) is 31.0 Å². The van der Waals surface area contributed by atoms with Crippen LogP contribution >= 0.6 is 0 Å². The number of aliphatic carboxylic acids is 1. The standard InChI is InChI=1S/C18H22N4O2/c1-12(2)8-18(17(23)24)9-14(15-11-20-6-7-21-15)16(22-18)13-4-3-5-19-10-13/h3-7,10-12,14,16,22H,8-9H2,1-2H3,(H,23,24)/t14-,16+,18+/m1/s1. The van der Waals surface area contributed by atoms with E-state index in [4.69, 9.17) is 0 Å². The number of rotatable bonds is 5. The Labute approximate surface area is 141 Å². The maximum Gasteiger partial charge on any atom is 0.323 e. The molecule has 0 radical (unpaired) electrons. The van der Waals surface area contributed by atoms with Gasteiger partial charge in [-0.25, -0.2) is 0 Å². The summed E-state index contributed by atoms with van der Waals surface area (Å²) in [6.45, 7) is 4.09. The average Bonchev–Trinajstić information content (AvgIpc) is 2.97. The molecule has 2 N–H and O–H groups in total. The molecule has 0 amide bonds. The normalized spacial score (nSPS) is 26.6. The lowest BCUT2D eigenvalue weighted by Gasteiger charge is -2.27. The second-order valence-electron chi connectivity index (χ2n) is 6.83. The zero-order valence-electron chi connectivity index (χ0n) is 13.9. The molecule has 6 nitrogen and oxygen atoms in total. The van der Waals surface area contributed by atoms with Crippen LogP contribution < -0.4 is 5.32 Å². The van der Waals surface area contributed by atoms with Crippen LogP contribution in [0.3, 0.4) is 0 Å². The molecule has 0 spiro atoms. The number of hydrogen-bond donors (Lipinski definition) is 2. The molecule has 1 saturated heterocycles. The summed E-state index contributed by atoms with van der Waals surface area (Å²) in [6.07, 6.45) is 9.56. The van der Waals surface area contributed by atoms with Crippen LogP contribution in [0.4, 0.5) is 0 Å². The third-order valence-electron chi connectivity index (χ3n) is 4.58. The average molecular weight is 326 g/mol. The summed E-state index contributed by atoms with van der Waals surface area (Å²) in [5.41, 5.74) is 0.822. The van der Waals surface area contributed by atoms with Gasteiger partial charge in [-0.3, -0.25) is 25.1 Å². The van der Waals surface area contributed by atoms with Gasteiger partial charge < -0.3 is 5.11 Å². The van der Waals surface area contributed by atoms with Crippen LogP contribution in [0, 0.1) is 5.92 Å². The number of pyridine rings is 1. The third kappa shape index (κ3) is 3.14. The summed E-state index contributed by atoms with van der Waals surface area (Å²) in [6, 6.07) is 3.69. The fourth-order valence-corrected chi connectivity index (χ4v) is 3.68. The molecule has 2 aromatic heterocycles. The van der Waals surface area contributed by atoms with Crippen molar-refractivity contribution in [3.05, 3.63) is 54.4 Å². The summed E-state index contributed by atoms with van der Waals surface area (Å²) in [5.74, 6) is -0.599. The van der Waals surface area contributed by atoms with Gasteiger partial charge in [0.2, 0.25) is 0 Å². The van der Waals surface area contributed by atoms with Crippen LogP contribution in [0.2, 0.25) is 0 Å². The van der Waals surface area contributed by atoms with E-state index in [0.717, 1.165) is 11.3 Å². The van der Waals surface area contributed by atoms with Crippen LogP contribution in [-0.2, 0) is 4.79 Å². The Hall–Kier alpha value is -2.34. The Morgan fingerprint density at radius 2 is 2.12 bits per heavy atom. The van der Waals surface area contributed by atoms with Gasteiger partial charge in [-0.05, 0) is 30.4 Å². The highest BCUT2D eigenvalue weighted by atomic mass is 16.4. The number of nitrogens with zero attached hydrogens (tertiary/aromatic N) is 3. The van der Waals surface area contributed by atoms with Crippen molar-refractivity contribution in [3.8, 4) is 0 Å². The van der Waals surface area contributed by atoms with Crippen molar-refractivity contribution in [1.82, 2.24) is 20.3 Å². The van der Waals surface area contributed by atoms with E-state index in [2.05, 4.69) is 20.3 Å². The van der Waals surface area contributed by atoms with Crippen molar-refractivity contribution >= 4 is 5.97 Å². The van der Waals surface area contributed by atoms with Crippen molar-refractivity contribution < 1.29 is 9.90 Å². The molecule has 1 fully saturated rings. The molecule has 0 aromatic carbocycles. The molecule has 0 unspecified atom stereocenters. The summed E-state index contributed by atoms with van der Waals surface area (Å²) in [5, 5.41) is 13.3. The second-order valence-corrected chi connectivity index (χ2v) is 6.83. The first-order valence-electron chi connectivity index (χ1n) is 8.19. The Morgan fingerprint density at radius 1 is 1.33 bits per heavy atom.